The highest BCUT2D eigenvalue weighted by Gasteiger charge is 2.14. The molecular weight excluding hydrogens is 114 g/mol. The van der Waals surface area contributed by atoms with Crippen molar-refractivity contribution >= 4 is 5.97 Å². The molecule has 0 fully saturated rings. The summed E-state index contributed by atoms with van der Waals surface area (Å²) in [4.78, 5) is 13.6. The highest BCUT2D eigenvalue weighted by molar-refractivity contribution is 5.72. The number of aliphatic carboxylic acids is 1. The van der Waals surface area contributed by atoms with Crippen molar-refractivity contribution in [1.29, 1.82) is 0 Å². The Morgan fingerprint density at radius 2 is 2.38 bits per heavy atom. The largest absolute Gasteiger partial charge is 0.479 e. The molecule has 0 bridgehead atoms. The summed E-state index contributed by atoms with van der Waals surface area (Å²) in [6, 6.07) is 0. The molecule has 0 spiro atoms. The molecule has 0 saturated carbocycles. The molecule has 0 radical (unpaired) electrons. The van der Waals surface area contributed by atoms with E-state index in [-0.39, 0.29) is 0 Å². The zero-order chi connectivity index (χ0) is 6.57. The van der Waals surface area contributed by atoms with E-state index in [1.165, 1.54) is 0 Å². The average Bonchev–Trinajstić information content (AvgIpc) is 1.69. The lowest BCUT2D eigenvalue weighted by molar-refractivity contribution is -0.153. The van der Waals surface area contributed by atoms with Gasteiger partial charge in [0, 0.05) is 0 Å². The number of carbonyl (C=O) groups is 1. The van der Waals surface area contributed by atoms with E-state index in [1.807, 2.05) is 0 Å². The van der Waals surface area contributed by atoms with E-state index in [2.05, 4.69) is 10.7 Å². The highest BCUT2D eigenvalue weighted by atomic mass is 16.6. The van der Waals surface area contributed by atoms with Gasteiger partial charge in [-0.05, 0) is 0 Å². The Kier molecular flexibility index (Phi) is 3.09. The van der Waals surface area contributed by atoms with Crippen molar-refractivity contribution in [2.75, 3.05) is 6.61 Å². The summed E-state index contributed by atoms with van der Waals surface area (Å²) < 4.78 is 0. The number of hydrogen-bond donors (Lipinski definition) is 3. The van der Waals surface area contributed by atoms with Crippen LogP contribution in [0.1, 0.15) is 0 Å². The number of carboxylic acid groups (broad SMARTS) is 1. The van der Waals surface area contributed by atoms with E-state index in [4.69, 9.17) is 10.2 Å². The zero-order valence-electron chi connectivity index (χ0n) is 4.07. The molecule has 0 aliphatic rings. The Labute approximate surface area is 45.6 Å². The van der Waals surface area contributed by atoms with Crippen LogP contribution in [0, 0.1) is 0 Å². The third-order valence-corrected chi connectivity index (χ3v) is 0.606. The molecule has 0 aromatic rings. The molecule has 48 valence electrons. The molecule has 0 saturated heterocycles. The molecule has 1 unspecified atom stereocenters. The lowest BCUT2D eigenvalue weighted by atomic mass is 10.4. The van der Waals surface area contributed by atoms with E-state index in [9.17, 15) is 4.79 Å². The molecule has 0 aliphatic heterocycles. The van der Waals surface area contributed by atoms with Gasteiger partial charge in [-0.1, -0.05) is 0 Å². The molecule has 5 heteroatoms. The monoisotopic (exact) mass is 121 g/mol. The van der Waals surface area contributed by atoms with Crippen molar-refractivity contribution in [3.63, 3.8) is 0 Å². The van der Waals surface area contributed by atoms with Crippen molar-refractivity contribution in [2.24, 2.45) is 5.90 Å². The molecule has 0 heterocycles. The fourth-order valence-corrected chi connectivity index (χ4v) is 0.179. The van der Waals surface area contributed by atoms with E-state index in [0.717, 1.165) is 0 Å². The molecule has 0 aromatic heterocycles. The van der Waals surface area contributed by atoms with Gasteiger partial charge >= 0.3 is 5.97 Å². The topological polar surface area (TPSA) is 92.8 Å². The van der Waals surface area contributed by atoms with Crippen LogP contribution in [0.2, 0.25) is 0 Å². The predicted molar refractivity (Wildman–Crippen MR) is 23.8 cm³/mol. The van der Waals surface area contributed by atoms with Crippen LogP contribution in [0.3, 0.4) is 0 Å². The van der Waals surface area contributed by atoms with Crippen LogP contribution in [-0.2, 0) is 9.63 Å². The van der Waals surface area contributed by atoms with E-state index in [0.29, 0.717) is 0 Å². The van der Waals surface area contributed by atoms with E-state index in [1.54, 1.807) is 0 Å². The molecule has 0 rings (SSSR count). The number of rotatable bonds is 3. The minimum absolute atomic E-state index is 0.605. The zero-order valence-corrected chi connectivity index (χ0v) is 4.07. The van der Waals surface area contributed by atoms with Crippen molar-refractivity contribution in [3.8, 4) is 0 Å². The molecule has 0 amide bonds. The first-order valence-corrected chi connectivity index (χ1v) is 1.91. The van der Waals surface area contributed by atoms with Crippen molar-refractivity contribution < 1.29 is 19.8 Å². The normalized spacial score (nSPS) is 13.2. The number of nitrogens with two attached hydrogens (primary N) is 1. The van der Waals surface area contributed by atoms with Gasteiger partial charge in [-0.15, -0.1) is 0 Å². The standard InChI is InChI=1S/C3H7NO4/c4-8-2(1-5)3(6)7/h2,5H,1,4H2,(H,6,7). The summed E-state index contributed by atoms with van der Waals surface area (Å²) in [5.74, 6) is 3.17. The second-order valence-electron chi connectivity index (χ2n) is 1.15. The summed E-state index contributed by atoms with van der Waals surface area (Å²) in [6.45, 7) is -0.605. The van der Waals surface area contributed by atoms with Crippen molar-refractivity contribution in [2.45, 2.75) is 6.10 Å². The summed E-state index contributed by atoms with van der Waals surface area (Å²) in [7, 11) is 0. The van der Waals surface area contributed by atoms with Gasteiger partial charge in [0.05, 0.1) is 6.61 Å². The second-order valence-corrected chi connectivity index (χ2v) is 1.15. The number of carboxylic acids is 1. The summed E-state index contributed by atoms with van der Waals surface area (Å²) in [5.41, 5.74) is 0. The van der Waals surface area contributed by atoms with Gasteiger partial charge in [0.15, 0.2) is 6.10 Å². The smallest absolute Gasteiger partial charge is 0.337 e. The van der Waals surface area contributed by atoms with Crippen molar-refractivity contribution in [3.05, 3.63) is 0 Å². The number of aliphatic hydroxyl groups is 1. The number of aliphatic hydroxyl groups excluding tert-OH is 1. The van der Waals surface area contributed by atoms with Crippen LogP contribution >= 0.6 is 0 Å². The summed E-state index contributed by atoms with van der Waals surface area (Å²) in [6.07, 6.45) is -1.30. The lowest BCUT2D eigenvalue weighted by Gasteiger charge is -2.02. The Bertz CT molecular complexity index is 79.4. The summed E-state index contributed by atoms with van der Waals surface area (Å²) in [5, 5.41) is 16.1. The van der Waals surface area contributed by atoms with Crippen LogP contribution < -0.4 is 5.90 Å². The minimum Gasteiger partial charge on any atom is -0.479 e. The quantitative estimate of drug-likeness (QED) is 0.388. The van der Waals surface area contributed by atoms with Crippen molar-refractivity contribution in [1.82, 2.24) is 0 Å². The van der Waals surface area contributed by atoms with Crippen LogP contribution in [0.4, 0.5) is 0 Å². The molecule has 5 nitrogen and oxygen atoms in total. The Morgan fingerprint density at radius 1 is 1.88 bits per heavy atom. The second kappa shape index (κ2) is 3.36. The minimum atomic E-state index is -1.30. The third-order valence-electron chi connectivity index (χ3n) is 0.606. The molecular formula is C3H7NO4. The van der Waals surface area contributed by atoms with Crippen LogP contribution in [0.25, 0.3) is 0 Å². The van der Waals surface area contributed by atoms with Gasteiger partial charge in [0.2, 0.25) is 0 Å². The van der Waals surface area contributed by atoms with Crippen LogP contribution in [0.5, 0.6) is 0 Å². The van der Waals surface area contributed by atoms with Gasteiger partial charge in [-0.25, -0.2) is 10.7 Å². The predicted octanol–water partition coefficient (Wildman–Crippen LogP) is -1.68. The molecule has 0 aromatic carbocycles. The summed E-state index contributed by atoms with van der Waals surface area (Å²) >= 11 is 0. The fraction of sp³-hybridized carbons (Fsp3) is 0.667. The molecule has 8 heavy (non-hydrogen) atoms. The fourth-order valence-electron chi connectivity index (χ4n) is 0.179. The molecule has 0 aliphatic carbocycles. The van der Waals surface area contributed by atoms with Crippen LogP contribution in [0.15, 0.2) is 0 Å². The van der Waals surface area contributed by atoms with Gasteiger partial charge in [-0.2, -0.15) is 0 Å². The lowest BCUT2D eigenvalue weighted by Crippen LogP contribution is -2.30. The van der Waals surface area contributed by atoms with Crippen LogP contribution in [-0.4, -0.2) is 28.9 Å². The maximum absolute atomic E-state index is 9.80. The first kappa shape index (κ1) is 7.35. The molecule has 1 atom stereocenters. The third kappa shape index (κ3) is 1.87. The molecule has 4 N–H and O–H groups in total. The average molecular weight is 121 g/mol. The Hall–Kier alpha value is -0.650. The van der Waals surface area contributed by atoms with Gasteiger partial charge in [0.25, 0.3) is 0 Å². The Balaban J connectivity index is 3.52. The van der Waals surface area contributed by atoms with Gasteiger partial charge in [-0.3, -0.25) is 4.84 Å². The first-order valence-electron chi connectivity index (χ1n) is 1.91. The highest BCUT2D eigenvalue weighted by Crippen LogP contribution is 1.82. The van der Waals surface area contributed by atoms with Gasteiger partial charge in [0.1, 0.15) is 0 Å². The maximum Gasteiger partial charge on any atom is 0.337 e. The first-order chi connectivity index (χ1) is 3.72. The number of hydrogen-bond acceptors (Lipinski definition) is 4. The SMILES string of the molecule is NOC(CO)C(=O)O. The van der Waals surface area contributed by atoms with E-state index >= 15 is 0 Å². The van der Waals surface area contributed by atoms with Gasteiger partial charge < -0.3 is 10.2 Å². The van der Waals surface area contributed by atoms with E-state index < -0.39 is 18.7 Å². The maximum atomic E-state index is 9.80. The Morgan fingerprint density at radius 3 is 2.38 bits per heavy atom.